The van der Waals surface area contributed by atoms with E-state index in [0.717, 1.165) is 5.69 Å². The predicted octanol–water partition coefficient (Wildman–Crippen LogP) is 2.23. The van der Waals surface area contributed by atoms with Gasteiger partial charge in [0.05, 0.1) is 16.8 Å². The summed E-state index contributed by atoms with van der Waals surface area (Å²) in [5.41, 5.74) is 0.966. The van der Waals surface area contributed by atoms with Crippen LogP contribution in [0.3, 0.4) is 0 Å². The van der Waals surface area contributed by atoms with Crippen LogP contribution in [0.2, 0.25) is 5.02 Å². The van der Waals surface area contributed by atoms with Crippen LogP contribution in [0.1, 0.15) is 20.3 Å². The molecule has 0 radical (unpaired) electrons. The van der Waals surface area contributed by atoms with Crippen LogP contribution in [-0.4, -0.2) is 55.6 Å². The van der Waals surface area contributed by atoms with Crippen LogP contribution in [-0.2, 0) is 4.79 Å². The molecule has 1 aliphatic rings. The zero-order valence-electron chi connectivity index (χ0n) is 15.7. The summed E-state index contributed by atoms with van der Waals surface area (Å²) in [5, 5.41) is 14.7. The number of carbonyl (C=O) groups excluding carboxylic acids is 2. The molecule has 7 nitrogen and oxygen atoms in total. The highest BCUT2D eigenvalue weighted by Crippen LogP contribution is 2.26. The molecule has 1 atom stereocenters. The largest absolute Gasteiger partial charge is 0.367 e. The Morgan fingerprint density at radius 1 is 1.22 bits per heavy atom. The number of nitrogens with one attached hydrogen (secondary N) is 2. The Morgan fingerprint density at radius 3 is 2.48 bits per heavy atom. The summed E-state index contributed by atoms with van der Waals surface area (Å²) in [5.74, 6) is -0.0893. The van der Waals surface area contributed by atoms with Crippen molar-refractivity contribution in [3.8, 4) is 6.07 Å². The van der Waals surface area contributed by atoms with Gasteiger partial charge in [0.15, 0.2) is 0 Å². The normalized spacial score (nSPS) is 15.2. The number of halogens is 1. The maximum absolute atomic E-state index is 12.6. The Labute approximate surface area is 165 Å². The van der Waals surface area contributed by atoms with Gasteiger partial charge in [-0.05, 0) is 24.5 Å². The second-order valence-corrected chi connectivity index (χ2v) is 7.34. The highest BCUT2D eigenvalue weighted by molar-refractivity contribution is 6.33. The Hall–Kier alpha value is -2.46. The molecule has 0 spiro atoms. The molecule has 0 aromatic heterocycles. The maximum Gasteiger partial charge on any atom is 0.318 e. The Kier molecular flexibility index (Phi) is 7.74. The van der Waals surface area contributed by atoms with E-state index in [-0.39, 0.29) is 24.4 Å². The summed E-state index contributed by atoms with van der Waals surface area (Å²) in [6, 6.07) is 8.63. The summed E-state index contributed by atoms with van der Waals surface area (Å²) in [4.78, 5) is 28.7. The fraction of sp³-hybridized carbons (Fsp3) is 0.526. The fourth-order valence-corrected chi connectivity index (χ4v) is 3.31. The van der Waals surface area contributed by atoms with Gasteiger partial charge in [-0.15, -0.1) is 0 Å². The number of piperazine rings is 1. The van der Waals surface area contributed by atoms with Crippen LogP contribution in [0, 0.1) is 17.2 Å². The highest BCUT2D eigenvalue weighted by Gasteiger charge is 2.27. The zero-order chi connectivity index (χ0) is 19.8. The molecule has 1 saturated heterocycles. The van der Waals surface area contributed by atoms with Crippen LogP contribution in [0.25, 0.3) is 0 Å². The van der Waals surface area contributed by atoms with Crippen molar-refractivity contribution in [1.82, 2.24) is 15.5 Å². The van der Waals surface area contributed by atoms with Crippen LogP contribution >= 0.6 is 11.6 Å². The average Bonchev–Trinajstić information content (AvgIpc) is 2.65. The van der Waals surface area contributed by atoms with Crippen LogP contribution in [0.15, 0.2) is 24.3 Å². The van der Waals surface area contributed by atoms with Crippen molar-refractivity contribution in [1.29, 1.82) is 5.26 Å². The number of anilines is 1. The van der Waals surface area contributed by atoms with E-state index in [1.165, 1.54) is 0 Å². The number of benzene rings is 1. The van der Waals surface area contributed by atoms with Gasteiger partial charge in [-0.25, -0.2) is 4.79 Å². The minimum absolute atomic E-state index is 0.0696. The zero-order valence-corrected chi connectivity index (χ0v) is 16.5. The highest BCUT2D eigenvalue weighted by atomic mass is 35.5. The molecule has 2 N–H and O–H groups in total. The lowest BCUT2D eigenvalue weighted by Gasteiger charge is -2.37. The van der Waals surface area contributed by atoms with Gasteiger partial charge in [-0.1, -0.05) is 37.6 Å². The number of para-hydroxylation sites is 1. The Morgan fingerprint density at radius 2 is 1.89 bits per heavy atom. The molecule has 1 heterocycles. The van der Waals surface area contributed by atoms with Crippen molar-refractivity contribution in [3.05, 3.63) is 29.3 Å². The van der Waals surface area contributed by atoms with Gasteiger partial charge in [0.2, 0.25) is 5.91 Å². The van der Waals surface area contributed by atoms with E-state index in [1.54, 1.807) is 4.90 Å². The lowest BCUT2D eigenvalue weighted by Crippen LogP contribution is -2.56. The van der Waals surface area contributed by atoms with Crippen LogP contribution in [0.5, 0.6) is 0 Å². The molecule has 27 heavy (non-hydrogen) atoms. The summed E-state index contributed by atoms with van der Waals surface area (Å²) in [6.45, 7) is 6.34. The summed E-state index contributed by atoms with van der Waals surface area (Å²) in [7, 11) is 0. The average molecular weight is 392 g/mol. The van der Waals surface area contributed by atoms with Gasteiger partial charge in [-0.3, -0.25) is 4.79 Å². The van der Waals surface area contributed by atoms with Crippen molar-refractivity contribution in [2.45, 2.75) is 26.3 Å². The first-order valence-electron chi connectivity index (χ1n) is 9.12. The number of nitrogens with zero attached hydrogens (tertiary/aromatic N) is 3. The third-order valence-electron chi connectivity index (χ3n) is 4.42. The summed E-state index contributed by atoms with van der Waals surface area (Å²) >= 11 is 6.25. The smallest absolute Gasteiger partial charge is 0.318 e. The molecule has 2 rings (SSSR count). The Bertz CT molecular complexity index is 696. The number of hydrogen-bond donors (Lipinski definition) is 2. The van der Waals surface area contributed by atoms with E-state index in [2.05, 4.69) is 15.5 Å². The van der Waals surface area contributed by atoms with Gasteiger partial charge >= 0.3 is 6.03 Å². The van der Waals surface area contributed by atoms with E-state index in [0.29, 0.717) is 37.6 Å². The molecule has 0 bridgehead atoms. The first kappa shape index (κ1) is 20.8. The Balaban J connectivity index is 1.92. The first-order valence-corrected chi connectivity index (χ1v) is 9.49. The quantitative estimate of drug-likeness (QED) is 0.728. The monoisotopic (exact) mass is 391 g/mol. The van der Waals surface area contributed by atoms with Crippen molar-refractivity contribution in [2.75, 3.05) is 37.6 Å². The van der Waals surface area contributed by atoms with Gasteiger partial charge in [0, 0.05) is 26.2 Å². The molecule has 0 aliphatic carbocycles. The van der Waals surface area contributed by atoms with E-state index < -0.39 is 6.04 Å². The van der Waals surface area contributed by atoms with Gasteiger partial charge in [0.25, 0.3) is 0 Å². The third-order valence-corrected chi connectivity index (χ3v) is 4.74. The number of hydrogen-bond acceptors (Lipinski definition) is 4. The van der Waals surface area contributed by atoms with Crippen molar-refractivity contribution in [2.24, 2.45) is 5.92 Å². The van der Waals surface area contributed by atoms with E-state index in [4.69, 9.17) is 16.9 Å². The number of nitriles is 1. The van der Waals surface area contributed by atoms with Gasteiger partial charge in [0.1, 0.15) is 12.6 Å². The molecule has 1 aliphatic heterocycles. The third kappa shape index (κ3) is 6.04. The molecule has 1 aromatic rings. The van der Waals surface area contributed by atoms with E-state index in [1.807, 2.05) is 44.2 Å². The fourth-order valence-electron chi connectivity index (χ4n) is 3.05. The second-order valence-electron chi connectivity index (χ2n) is 6.93. The standard InChI is InChI=1S/C19H26ClN5O2/c1-14(2)13-16(18(26)22-8-7-21)23-19(27)25-11-9-24(10-12-25)17-6-4-3-5-15(17)20/h3-6,14,16H,8-13H2,1-2H3,(H,22,26)(H,23,27)/t16-/m0/s1. The van der Waals surface area contributed by atoms with Gasteiger partial charge in [-0.2, -0.15) is 5.26 Å². The van der Waals surface area contributed by atoms with Gasteiger partial charge < -0.3 is 20.4 Å². The van der Waals surface area contributed by atoms with Crippen LogP contribution < -0.4 is 15.5 Å². The maximum atomic E-state index is 12.6. The molecule has 0 saturated carbocycles. The van der Waals surface area contributed by atoms with Crippen molar-refractivity contribution in [3.63, 3.8) is 0 Å². The van der Waals surface area contributed by atoms with Crippen LogP contribution in [0.4, 0.5) is 10.5 Å². The molecule has 8 heteroatoms. The first-order chi connectivity index (χ1) is 12.9. The molecule has 1 fully saturated rings. The summed E-state index contributed by atoms with van der Waals surface area (Å²) in [6.07, 6.45) is 0.516. The molecular formula is C19H26ClN5O2. The predicted molar refractivity (Wildman–Crippen MR) is 106 cm³/mol. The molecule has 1 aromatic carbocycles. The van der Waals surface area contributed by atoms with Crippen molar-refractivity contribution < 1.29 is 9.59 Å². The second kappa shape index (κ2) is 10.0. The summed E-state index contributed by atoms with van der Waals surface area (Å²) < 4.78 is 0. The molecule has 146 valence electrons. The van der Waals surface area contributed by atoms with E-state index >= 15 is 0 Å². The lowest BCUT2D eigenvalue weighted by molar-refractivity contribution is -0.123. The minimum atomic E-state index is -0.646. The lowest BCUT2D eigenvalue weighted by atomic mass is 10.0. The SMILES string of the molecule is CC(C)C[C@H](NC(=O)N1CCN(c2ccccc2Cl)CC1)C(=O)NCC#N. The number of rotatable bonds is 6. The van der Waals surface area contributed by atoms with E-state index in [9.17, 15) is 9.59 Å². The number of carbonyl (C=O) groups is 2. The molecular weight excluding hydrogens is 366 g/mol. The topological polar surface area (TPSA) is 88.5 Å². The minimum Gasteiger partial charge on any atom is -0.367 e. The number of urea groups is 1. The van der Waals surface area contributed by atoms with Crippen molar-refractivity contribution >= 4 is 29.2 Å². The number of amides is 3. The molecule has 3 amide bonds. The molecule has 0 unspecified atom stereocenters.